The number of aliphatic hydroxyl groups is 1. The number of allylic oxidation sites excluding steroid dienone is 1. The molecule has 0 saturated carbocycles. The maximum Gasteiger partial charge on any atom is 0.318 e. The van der Waals surface area contributed by atoms with Crippen LogP contribution in [0.5, 0.6) is 0 Å². The molecule has 2 aromatic rings. The van der Waals surface area contributed by atoms with Gasteiger partial charge in [0.2, 0.25) is 5.92 Å². The van der Waals surface area contributed by atoms with E-state index < -0.39 is 12.0 Å². The van der Waals surface area contributed by atoms with Gasteiger partial charge in [0.1, 0.15) is 17.6 Å². The van der Waals surface area contributed by atoms with Crippen LogP contribution in [0.15, 0.2) is 42.2 Å². The summed E-state index contributed by atoms with van der Waals surface area (Å²) in [6, 6.07) is 9.01. The van der Waals surface area contributed by atoms with Gasteiger partial charge in [-0.25, -0.2) is 18.7 Å². The molecule has 1 aromatic heterocycles. The number of nitrogens with zero attached hydrogens (tertiary/aromatic N) is 4. The van der Waals surface area contributed by atoms with Gasteiger partial charge in [0.25, 0.3) is 0 Å². The Labute approximate surface area is 173 Å². The molecule has 1 atom stereocenters. The van der Waals surface area contributed by atoms with E-state index in [1.807, 2.05) is 30.3 Å². The van der Waals surface area contributed by atoms with Gasteiger partial charge in [0, 0.05) is 32.4 Å². The predicted molar refractivity (Wildman–Crippen MR) is 106 cm³/mol. The van der Waals surface area contributed by atoms with Gasteiger partial charge in [0.15, 0.2) is 0 Å². The number of aliphatic hydroxyl groups excluding tert-OH is 1. The highest BCUT2D eigenvalue weighted by Crippen LogP contribution is 2.27. The number of rotatable bonds is 11. The first-order valence-corrected chi connectivity index (χ1v) is 10.0. The quantitative estimate of drug-likeness (QED) is 0.485. The van der Waals surface area contributed by atoms with Crippen LogP contribution in [0.2, 0.25) is 0 Å². The Morgan fingerprint density at radius 3 is 2.80 bits per heavy atom. The number of benzene rings is 1. The molecule has 2 heterocycles. The summed E-state index contributed by atoms with van der Waals surface area (Å²) in [4.78, 5) is 13.5. The minimum absolute atomic E-state index is 0.0533. The summed E-state index contributed by atoms with van der Waals surface area (Å²) < 4.78 is 28.2. The molecule has 3 N–H and O–H groups in total. The number of alkyl halides is 2. The lowest BCUT2D eigenvalue weighted by Gasteiger charge is -2.24. The van der Waals surface area contributed by atoms with Crippen molar-refractivity contribution in [2.24, 2.45) is 0 Å². The van der Waals surface area contributed by atoms with Crippen molar-refractivity contribution in [3.05, 3.63) is 53.6 Å². The molecule has 0 bridgehead atoms. The van der Waals surface area contributed by atoms with Gasteiger partial charge in [-0.15, -0.1) is 5.10 Å². The molecule has 0 spiro atoms. The van der Waals surface area contributed by atoms with E-state index in [0.717, 1.165) is 12.0 Å². The average Bonchev–Trinajstić information content (AvgIpc) is 3.37. The number of aromatic amines is 1. The van der Waals surface area contributed by atoms with E-state index in [4.69, 9.17) is 0 Å². The zero-order valence-corrected chi connectivity index (χ0v) is 16.6. The highest BCUT2D eigenvalue weighted by atomic mass is 19.3. The van der Waals surface area contributed by atoms with Crippen molar-refractivity contribution in [1.82, 2.24) is 30.8 Å². The largest absolute Gasteiger partial charge is 0.510 e. The predicted octanol–water partition coefficient (Wildman–Crippen LogP) is 3.02. The van der Waals surface area contributed by atoms with Gasteiger partial charge in [-0.2, -0.15) is 0 Å². The number of hydrogen-bond acceptors (Lipinski definition) is 5. The first kappa shape index (κ1) is 21.7. The van der Waals surface area contributed by atoms with Crippen LogP contribution in [0, 0.1) is 0 Å². The summed E-state index contributed by atoms with van der Waals surface area (Å²) in [7, 11) is 0. The highest BCUT2D eigenvalue weighted by Gasteiger charge is 2.34. The number of urea groups is 1. The lowest BCUT2D eigenvalue weighted by atomic mass is 10.1. The second kappa shape index (κ2) is 10.1. The fourth-order valence-electron chi connectivity index (χ4n) is 3.45. The Morgan fingerprint density at radius 1 is 1.27 bits per heavy atom. The monoisotopic (exact) mass is 420 g/mol. The summed E-state index contributed by atoms with van der Waals surface area (Å²) in [5.41, 5.74) is 1.15. The molecule has 1 aliphatic rings. The molecule has 162 valence electrons. The fraction of sp³-hybridized carbons (Fsp3) is 0.500. The third-order valence-electron chi connectivity index (χ3n) is 5.11. The topological polar surface area (TPSA) is 107 Å². The molecule has 0 radical (unpaired) electrons. The molecule has 8 nitrogen and oxygen atoms in total. The summed E-state index contributed by atoms with van der Waals surface area (Å²) in [6.45, 7) is 0.411. The van der Waals surface area contributed by atoms with E-state index in [9.17, 15) is 18.7 Å². The number of hydrogen-bond donors (Lipinski definition) is 3. The third kappa shape index (κ3) is 6.23. The Kier molecular flexibility index (Phi) is 7.31. The molecule has 2 amide bonds. The van der Waals surface area contributed by atoms with Crippen molar-refractivity contribution in [2.45, 2.75) is 50.5 Å². The molecule has 1 saturated heterocycles. The van der Waals surface area contributed by atoms with Crippen molar-refractivity contribution in [3.63, 3.8) is 0 Å². The molecule has 1 unspecified atom stereocenters. The van der Waals surface area contributed by atoms with E-state index in [2.05, 4.69) is 25.9 Å². The van der Waals surface area contributed by atoms with Gasteiger partial charge in [-0.1, -0.05) is 30.3 Å². The molecule has 3 rings (SSSR count). The molecule has 0 aliphatic carbocycles. The highest BCUT2D eigenvalue weighted by molar-refractivity contribution is 5.77. The van der Waals surface area contributed by atoms with Crippen molar-refractivity contribution < 1.29 is 18.7 Å². The van der Waals surface area contributed by atoms with Crippen LogP contribution in [0.1, 0.15) is 37.1 Å². The lowest BCUT2D eigenvalue weighted by Crippen LogP contribution is -2.37. The van der Waals surface area contributed by atoms with Gasteiger partial charge < -0.3 is 15.3 Å². The molecule has 1 aliphatic heterocycles. The molecule has 30 heavy (non-hydrogen) atoms. The molecule has 10 heteroatoms. The number of amides is 2. The van der Waals surface area contributed by atoms with Crippen molar-refractivity contribution in [1.29, 1.82) is 0 Å². The molecular formula is C20H26F2N6O2. The Bertz CT molecular complexity index is 829. The number of halogens is 2. The molecular weight excluding hydrogens is 394 g/mol. The molecule has 1 aromatic carbocycles. The van der Waals surface area contributed by atoms with Crippen molar-refractivity contribution >= 4 is 6.03 Å². The van der Waals surface area contributed by atoms with Gasteiger partial charge >= 0.3 is 6.03 Å². The third-order valence-corrected chi connectivity index (χ3v) is 5.11. The van der Waals surface area contributed by atoms with E-state index in [0.29, 0.717) is 12.2 Å². The smallest absolute Gasteiger partial charge is 0.318 e. The second-order valence-corrected chi connectivity index (χ2v) is 7.36. The van der Waals surface area contributed by atoms with Crippen molar-refractivity contribution in [3.8, 4) is 0 Å². The van der Waals surface area contributed by atoms with Crippen molar-refractivity contribution in [2.75, 3.05) is 13.1 Å². The summed E-state index contributed by atoms with van der Waals surface area (Å²) >= 11 is 0. The number of aromatic nitrogens is 4. The van der Waals surface area contributed by atoms with Gasteiger partial charge in [-0.3, -0.25) is 0 Å². The van der Waals surface area contributed by atoms with Crippen LogP contribution in [-0.4, -0.2) is 61.7 Å². The minimum atomic E-state index is -2.88. The average molecular weight is 420 g/mol. The number of carbonyl (C=O) groups is 1. The normalized spacial score (nSPS) is 17.4. The van der Waals surface area contributed by atoms with Gasteiger partial charge in [0.05, 0.1) is 0 Å². The number of tetrazole rings is 1. The SMILES string of the molecule is O=C1NCC(C(O)=CCCc2ccccc2)N1CCCC(F)(F)CCc1nnn[nH]1. The summed E-state index contributed by atoms with van der Waals surface area (Å²) in [5.74, 6) is -2.47. The van der Waals surface area contributed by atoms with E-state index in [1.54, 1.807) is 6.08 Å². The second-order valence-electron chi connectivity index (χ2n) is 7.36. The zero-order valence-electron chi connectivity index (χ0n) is 16.6. The number of aryl methyl sites for hydroxylation is 2. The molecule has 1 fully saturated rings. The Hall–Kier alpha value is -3.04. The Balaban J connectivity index is 1.46. The van der Waals surface area contributed by atoms with Gasteiger partial charge in [-0.05, 0) is 41.3 Å². The number of nitrogens with one attached hydrogen (secondary N) is 2. The first-order valence-electron chi connectivity index (χ1n) is 10.0. The minimum Gasteiger partial charge on any atom is -0.510 e. The van der Waals surface area contributed by atoms with Crippen LogP contribution in [-0.2, 0) is 12.8 Å². The number of carbonyl (C=O) groups excluding carboxylic acids is 1. The van der Waals surface area contributed by atoms with Crippen LogP contribution in [0.25, 0.3) is 0 Å². The van der Waals surface area contributed by atoms with Crippen LogP contribution in [0.4, 0.5) is 13.6 Å². The van der Waals surface area contributed by atoms with E-state index in [1.165, 1.54) is 4.90 Å². The standard InChI is InChI=1S/C20H26F2N6O2/c21-20(22,12-10-18-24-26-27-25-18)11-5-13-28-16(14-23-19(28)30)17(29)9-4-8-15-6-2-1-3-7-15/h1-3,6-7,9,16,29H,4-5,8,10-14H2,(H,23,30)(H,24,25,26,27). The lowest BCUT2D eigenvalue weighted by molar-refractivity contribution is -0.0195. The van der Waals surface area contributed by atoms with E-state index >= 15 is 0 Å². The summed E-state index contributed by atoms with van der Waals surface area (Å²) in [6.07, 6.45) is 2.55. The Morgan fingerprint density at radius 2 is 2.07 bits per heavy atom. The van der Waals surface area contributed by atoms with Crippen LogP contribution in [0.3, 0.4) is 0 Å². The van der Waals surface area contributed by atoms with E-state index in [-0.39, 0.29) is 50.6 Å². The summed E-state index contributed by atoms with van der Waals surface area (Å²) in [5, 5.41) is 25.9. The number of H-pyrrole nitrogens is 1. The fourth-order valence-corrected chi connectivity index (χ4v) is 3.45. The maximum atomic E-state index is 14.1. The van der Waals surface area contributed by atoms with Crippen LogP contribution < -0.4 is 5.32 Å². The zero-order chi connectivity index (χ0) is 21.4. The first-order chi connectivity index (χ1) is 14.4. The van der Waals surface area contributed by atoms with Crippen LogP contribution >= 0.6 is 0 Å². The maximum absolute atomic E-state index is 14.1.